The summed E-state index contributed by atoms with van der Waals surface area (Å²) in [6.45, 7) is 6.19. The minimum absolute atomic E-state index is 0.129. The van der Waals surface area contributed by atoms with Crippen LogP contribution in [0.15, 0.2) is 24.8 Å². The lowest BCUT2D eigenvalue weighted by Gasteiger charge is -2.31. The van der Waals surface area contributed by atoms with E-state index in [-0.39, 0.29) is 11.5 Å². The van der Waals surface area contributed by atoms with Crippen LogP contribution in [0.4, 0.5) is 0 Å². The van der Waals surface area contributed by atoms with Gasteiger partial charge in [0.25, 0.3) is 0 Å². The molecule has 2 heterocycles. The minimum Gasteiger partial charge on any atom is -0.343 e. The quantitative estimate of drug-likeness (QED) is 0.822. The average Bonchev–Trinajstić information content (AvgIpc) is 3.05. The van der Waals surface area contributed by atoms with Crippen molar-refractivity contribution in [3.63, 3.8) is 0 Å². The number of aromatic nitrogens is 4. The standard InChI is InChI=1S/C13H18N5OP/c1-13(2,3)10(4-5-14)19-20(11-15-6-7-16-11)12-17-8-9-18-12/h6-10H,4H2,1-3H3,(H,15,16)(H,17,18). The van der Waals surface area contributed by atoms with Crippen LogP contribution in [0.5, 0.6) is 0 Å². The Labute approximate surface area is 119 Å². The van der Waals surface area contributed by atoms with Crippen LogP contribution in [0.2, 0.25) is 0 Å². The summed E-state index contributed by atoms with van der Waals surface area (Å²) in [5.41, 5.74) is 1.35. The van der Waals surface area contributed by atoms with E-state index in [0.29, 0.717) is 6.42 Å². The van der Waals surface area contributed by atoms with Gasteiger partial charge in [-0.1, -0.05) is 20.8 Å². The maximum atomic E-state index is 9.00. The van der Waals surface area contributed by atoms with Crippen LogP contribution in [0, 0.1) is 16.7 Å². The number of hydrogen-bond donors (Lipinski definition) is 2. The first-order chi connectivity index (χ1) is 9.52. The number of aromatic amines is 2. The zero-order chi connectivity index (χ0) is 14.6. The van der Waals surface area contributed by atoms with Gasteiger partial charge in [-0.15, -0.1) is 0 Å². The summed E-state index contributed by atoms with van der Waals surface area (Å²) in [5.74, 6) is 0. The monoisotopic (exact) mass is 291 g/mol. The van der Waals surface area contributed by atoms with Crippen LogP contribution in [0.3, 0.4) is 0 Å². The fourth-order valence-electron chi connectivity index (χ4n) is 1.65. The highest BCUT2D eigenvalue weighted by atomic mass is 31.1. The largest absolute Gasteiger partial charge is 0.343 e. The Morgan fingerprint density at radius 3 is 2.15 bits per heavy atom. The molecule has 106 valence electrons. The summed E-state index contributed by atoms with van der Waals surface area (Å²) in [4.78, 5) is 14.7. The molecule has 0 saturated heterocycles. The predicted octanol–water partition coefficient (Wildman–Crippen LogP) is 1.83. The number of nitrogens with one attached hydrogen (secondary N) is 2. The zero-order valence-electron chi connectivity index (χ0n) is 11.8. The Kier molecular flexibility index (Phi) is 4.53. The molecular formula is C13H18N5OP. The van der Waals surface area contributed by atoms with E-state index in [1.165, 1.54) is 0 Å². The lowest BCUT2D eigenvalue weighted by atomic mass is 9.88. The number of nitriles is 1. The second-order valence-corrected chi connectivity index (χ2v) is 7.09. The van der Waals surface area contributed by atoms with Crippen LogP contribution in [0.1, 0.15) is 27.2 Å². The molecule has 2 aromatic heterocycles. The molecule has 2 N–H and O–H groups in total. The maximum Gasteiger partial charge on any atom is 0.167 e. The summed E-state index contributed by atoms with van der Waals surface area (Å²) in [6.07, 6.45) is 7.04. The Morgan fingerprint density at radius 2 is 1.80 bits per heavy atom. The molecule has 0 aliphatic heterocycles. The SMILES string of the molecule is CC(C)(C)C(CC#N)OP(c1ncc[nH]1)c1ncc[nH]1. The molecule has 20 heavy (non-hydrogen) atoms. The molecule has 6 nitrogen and oxygen atoms in total. The fourth-order valence-corrected chi connectivity index (χ4v) is 3.42. The van der Waals surface area contributed by atoms with E-state index in [1.54, 1.807) is 24.8 Å². The fraction of sp³-hybridized carbons (Fsp3) is 0.462. The van der Waals surface area contributed by atoms with Crippen LogP contribution < -0.4 is 11.1 Å². The van der Waals surface area contributed by atoms with Crippen molar-refractivity contribution in [1.82, 2.24) is 19.9 Å². The highest BCUT2D eigenvalue weighted by molar-refractivity contribution is 7.67. The molecule has 0 bridgehead atoms. The van der Waals surface area contributed by atoms with E-state index in [2.05, 4.69) is 46.8 Å². The lowest BCUT2D eigenvalue weighted by Crippen LogP contribution is -2.31. The van der Waals surface area contributed by atoms with E-state index in [9.17, 15) is 0 Å². The molecule has 0 aliphatic rings. The van der Waals surface area contributed by atoms with Gasteiger partial charge in [0.05, 0.1) is 18.6 Å². The average molecular weight is 291 g/mol. The first kappa shape index (κ1) is 14.7. The maximum absolute atomic E-state index is 9.00. The van der Waals surface area contributed by atoms with Crippen molar-refractivity contribution in [3.8, 4) is 6.07 Å². The zero-order valence-corrected chi connectivity index (χ0v) is 12.7. The molecule has 7 heteroatoms. The Hall–Kier alpha value is -1.70. The van der Waals surface area contributed by atoms with Gasteiger partial charge in [-0.05, 0) is 5.41 Å². The molecule has 0 saturated carbocycles. The van der Waals surface area contributed by atoms with Gasteiger partial charge in [0, 0.05) is 24.8 Å². The summed E-state index contributed by atoms with van der Waals surface area (Å²) < 4.78 is 6.20. The van der Waals surface area contributed by atoms with E-state index >= 15 is 0 Å². The topological polar surface area (TPSA) is 90.4 Å². The van der Waals surface area contributed by atoms with E-state index in [1.807, 2.05) is 0 Å². The molecule has 0 amide bonds. The lowest BCUT2D eigenvalue weighted by molar-refractivity contribution is 0.107. The predicted molar refractivity (Wildman–Crippen MR) is 77.9 cm³/mol. The first-order valence-corrected chi connectivity index (χ1v) is 7.61. The smallest absolute Gasteiger partial charge is 0.167 e. The summed E-state index contributed by atoms with van der Waals surface area (Å²) >= 11 is 0. The van der Waals surface area contributed by atoms with Crippen LogP contribution in [-0.2, 0) is 4.52 Å². The third kappa shape index (κ3) is 3.44. The highest BCUT2D eigenvalue weighted by Crippen LogP contribution is 2.39. The molecule has 0 aromatic carbocycles. The van der Waals surface area contributed by atoms with E-state index in [0.717, 1.165) is 11.1 Å². The highest BCUT2D eigenvalue weighted by Gasteiger charge is 2.32. The van der Waals surface area contributed by atoms with Gasteiger partial charge in [-0.3, -0.25) is 0 Å². The number of imidazole rings is 2. The van der Waals surface area contributed by atoms with E-state index < -0.39 is 8.15 Å². The van der Waals surface area contributed by atoms with Gasteiger partial charge in [0.1, 0.15) is 0 Å². The van der Waals surface area contributed by atoms with Gasteiger partial charge in [0.2, 0.25) is 0 Å². The number of H-pyrrole nitrogens is 2. The molecule has 0 fully saturated rings. The molecule has 2 rings (SSSR count). The van der Waals surface area contributed by atoms with E-state index in [4.69, 9.17) is 9.79 Å². The minimum atomic E-state index is -1.18. The second-order valence-electron chi connectivity index (χ2n) is 5.44. The van der Waals surface area contributed by atoms with Crippen LogP contribution >= 0.6 is 8.15 Å². The van der Waals surface area contributed by atoms with Gasteiger partial charge in [0.15, 0.2) is 19.3 Å². The Bertz CT molecular complexity index is 518. The van der Waals surface area contributed by atoms with Gasteiger partial charge >= 0.3 is 0 Å². The first-order valence-electron chi connectivity index (χ1n) is 6.35. The Morgan fingerprint density at radius 1 is 1.25 bits per heavy atom. The van der Waals surface area contributed by atoms with Gasteiger partial charge in [-0.25, -0.2) is 9.97 Å². The number of nitrogens with zero attached hydrogens (tertiary/aromatic N) is 3. The molecule has 0 spiro atoms. The van der Waals surface area contributed by atoms with Crippen molar-refractivity contribution < 1.29 is 4.52 Å². The number of rotatable bonds is 5. The second kappa shape index (κ2) is 6.17. The summed E-state index contributed by atoms with van der Waals surface area (Å²) in [7, 11) is -1.18. The van der Waals surface area contributed by atoms with Gasteiger partial charge < -0.3 is 14.5 Å². The molecule has 1 unspecified atom stereocenters. The van der Waals surface area contributed by atoms with Crippen LogP contribution in [0.25, 0.3) is 0 Å². The third-order valence-electron chi connectivity index (χ3n) is 2.83. The molecule has 2 aromatic rings. The van der Waals surface area contributed by atoms with Crippen LogP contribution in [-0.4, -0.2) is 26.0 Å². The van der Waals surface area contributed by atoms with Crippen molar-refractivity contribution >= 4 is 19.3 Å². The molecule has 1 atom stereocenters. The molecular weight excluding hydrogens is 273 g/mol. The number of hydrogen-bond acceptors (Lipinski definition) is 4. The van der Waals surface area contributed by atoms with Gasteiger partial charge in [-0.2, -0.15) is 5.26 Å². The molecule has 0 radical (unpaired) electrons. The van der Waals surface area contributed by atoms with Crippen molar-refractivity contribution in [2.75, 3.05) is 0 Å². The summed E-state index contributed by atoms with van der Waals surface area (Å²) in [6, 6.07) is 2.19. The summed E-state index contributed by atoms with van der Waals surface area (Å²) in [5, 5.41) is 9.00. The Balaban J connectivity index is 2.26. The normalized spacial score (nSPS) is 13.3. The van der Waals surface area contributed by atoms with Crippen molar-refractivity contribution in [2.24, 2.45) is 5.41 Å². The molecule has 0 aliphatic carbocycles. The van der Waals surface area contributed by atoms with Crippen molar-refractivity contribution in [3.05, 3.63) is 24.8 Å². The van der Waals surface area contributed by atoms with Crippen molar-refractivity contribution in [1.29, 1.82) is 5.26 Å². The van der Waals surface area contributed by atoms with Crippen molar-refractivity contribution in [2.45, 2.75) is 33.3 Å². The third-order valence-corrected chi connectivity index (χ3v) is 4.55.